The number of hydrogen-bond acceptors (Lipinski definition) is 7. The van der Waals surface area contributed by atoms with E-state index in [1.807, 2.05) is 36.6 Å². The Balaban J connectivity index is 0.00000259. The van der Waals surface area contributed by atoms with Crippen LogP contribution in [-0.2, 0) is 4.74 Å². The summed E-state index contributed by atoms with van der Waals surface area (Å²) in [6, 6.07) is 14.1. The van der Waals surface area contributed by atoms with Gasteiger partial charge >= 0.3 is 0 Å². The molecule has 1 saturated heterocycles. The summed E-state index contributed by atoms with van der Waals surface area (Å²) in [7, 11) is 0. The van der Waals surface area contributed by atoms with Crippen LogP contribution in [0.4, 0.5) is 5.13 Å². The molecule has 10 heteroatoms. The van der Waals surface area contributed by atoms with Gasteiger partial charge in [0, 0.05) is 41.2 Å². The van der Waals surface area contributed by atoms with Crippen molar-refractivity contribution in [3.8, 4) is 0 Å². The van der Waals surface area contributed by atoms with Crippen molar-refractivity contribution in [1.29, 1.82) is 0 Å². The number of anilines is 1. The van der Waals surface area contributed by atoms with Crippen molar-refractivity contribution < 1.29 is 9.53 Å². The molecular weight excluding hydrogens is 517 g/mol. The fraction of sp³-hybridized carbons (Fsp3) is 0.304. The first-order valence-corrected chi connectivity index (χ1v) is 13.6. The highest BCUT2D eigenvalue weighted by Crippen LogP contribution is 2.39. The smallest absolute Gasteiger partial charge is 0.271 e. The van der Waals surface area contributed by atoms with Crippen LogP contribution in [-0.4, -0.2) is 61.4 Å². The van der Waals surface area contributed by atoms with Crippen molar-refractivity contribution in [1.82, 2.24) is 9.88 Å². The highest BCUT2D eigenvalue weighted by molar-refractivity contribution is 7.98. The number of fused-ring (bicyclic) bond motifs is 2. The van der Waals surface area contributed by atoms with E-state index in [0.29, 0.717) is 21.6 Å². The summed E-state index contributed by atoms with van der Waals surface area (Å²) in [5.41, 5.74) is 0.951. The molecule has 1 fully saturated rings. The number of thiazole rings is 1. The lowest BCUT2D eigenvalue weighted by Crippen LogP contribution is -2.43. The summed E-state index contributed by atoms with van der Waals surface area (Å²) in [6.45, 7) is 4.54. The number of para-hydroxylation sites is 1. The number of morpholine rings is 1. The van der Waals surface area contributed by atoms with Crippen LogP contribution in [0.25, 0.3) is 20.3 Å². The van der Waals surface area contributed by atoms with E-state index in [0.717, 1.165) is 58.0 Å². The lowest BCUT2D eigenvalue weighted by Gasteiger charge is -2.29. The largest absolute Gasteiger partial charge is 0.379 e. The molecule has 3 heterocycles. The molecule has 5 nitrogen and oxygen atoms in total. The predicted octanol–water partition coefficient (Wildman–Crippen LogP) is 6.29. The van der Waals surface area contributed by atoms with Gasteiger partial charge in [-0.25, -0.2) is 4.98 Å². The van der Waals surface area contributed by atoms with E-state index in [9.17, 15) is 4.79 Å². The van der Waals surface area contributed by atoms with Crippen LogP contribution in [0.3, 0.4) is 0 Å². The van der Waals surface area contributed by atoms with Crippen LogP contribution in [0.5, 0.6) is 0 Å². The number of benzene rings is 2. The summed E-state index contributed by atoms with van der Waals surface area (Å²) in [6.07, 6.45) is 2.05. The van der Waals surface area contributed by atoms with Crippen LogP contribution < -0.4 is 4.90 Å². The van der Waals surface area contributed by atoms with Gasteiger partial charge in [-0.1, -0.05) is 47.2 Å². The molecule has 0 N–H and O–H groups in total. The zero-order valence-electron chi connectivity index (χ0n) is 18.0. The Labute approximate surface area is 216 Å². The molecule has 0 aliphatic carbocycles. The lowest BCUT2D eigenvalue weighted by molar-refractivity contribution is 0.0391. The number of carbonyl (C=O) groups excluding carboxylic acids is 1. The molecule has 0 atom stereocenters. The third kappa shape index (κ3) is 5.03. The second kappa shape index (κ2) is 10.9. The molecular formula is C23H23Cl2N3O2S3. The number of carbonyl (C=O) groups is 1. The van der Waals surface area contributed by atoms with Crippen LogP contribution >= 0.6 is 58.4 Å². The van der Waals surface area contributed by atoms with Crippen molar-refractivity contribution in [3.63, 3.8) is 0 Å². The van der Waals surface area contributed by atoms with E-state index in [2.05, 4.69) is 17.0 Å². The average molecular weight is 541 g/mol. The zero-order chi connectivity index (χ0) is 22.1. The van der Waals surface area contributed by atoms with E-state index in [-0.39, 0.29) is 18.3 Å². The van der Waals surface area contributed by atoms with Gasteiger partial charge in [0.25, 0.3) is 5.91 Å². The minimum atomic E-state index is -0.0887. The number of hydrogen-bond donors (Lipinski definition) is 0. The molecule has 2 aromatic carbocycles. The Bertz CT molecular complexity index is 1270. The first-order valence-electron chi connectivity index (χ1n) is 10.4. The minimum absolute atomic E-state index is 0. The van der Waals surface area contributed by atoms with Gasteiger partial charge in [-0.15, -0.1) is 35.5 Å². The van der Waals surface area contributed by atoms with Gasteiger partial charge in [0.15, 0.2) is 5.13 Å². The van der Waals surface area contributed by atoms with Crippen molar-refractivity contribution in [2.45, 2.75) is 4.90 Å². The first-order chi connectivity index (χ1) is 15.7. The molecule has 2 aromatic heterocycles. The topological polar surface area (TPSA) is 45.7 Å². The molecule has 33 heavy (non-hydrogen) atoms. The lowest BCUT2D eigenvalue weighted by atomic mass is 10.2. The number of thioether (sulfide) groups is 1. The van der Waals surface area contributed by atoms with Crippen molar-refractivity contribution >= 4 is 89.8 Å². The first kappa shape index (κ1) is 24.7. The maximum atomic E-state index is 13.8. The number of aromatic nitrogens is 1. The summed E-state index contributed by atoms with van der Waals surface area (Å²) in [4.78, 5) is 24.5. The quantitative estimate of drug-likeness (QED) is 0.269. The minimum Gasteiger partial charge on any atom is -0.379 e. The Morgan fingerprint density at radius 1 is 1.15 bits per heavy atom. The predicted molar refractivity (Wildman–Crippen MR) is 144 cm³/mol. The summed E-state index contributed by atoms with van der Waals surface area (Å²) < 4.78 is 7.57. The number of thiophene rings is 1. The Morgan fingerprint density at radius 2 is 1.91 bits per heavy atom. The molecule has 1 aliphatic rings. The number of ether oxygens (including phenoxy) is 1. The molecule has 174 valence electrons. The molecule has 1 amide bonds. The molecule has 5 rings (SSSR count). The van der Waals surface area contributed by atoms with E-state index in [1.165, 1.54) is 11.3 Å². The van der Waals surface area contributed by atoms with Crippen LogP contribution in [0.15, 0.2) is 47.4 Å². The Kier molecular flexibility index (Phi) is 8.17. The SMILES string of the molecule is CSc1cccc2sc(N(CCN3CCOCC3)C(=O)c3sc4ccccc4c3Cl)nc12.Cl. The maximum Gasteiger partial charge on any atom is 0.271 e. The maximum absolute atomic E-state index is 13.8. The fourth-order valence-electron chi connectivity index (χ4n) is 3.82. The molecule has 4 aromatic rings. The van der Waals surface area contributed by atoms with Gasteiger partial charge in [0.2, 0.25) is 0 Å². The summed E-state index contributed by atoms with van der Waals surface area (Å²) in [5, 5.41) is 2.16. The van der Waals surface area contributed by atoms with Crippen molar-refractivity contribution in [2.75, 3.05) is 50.5 Å². The second-order valence-corrected chi connectivity index (χ2v) is 10.7. The van der Waals surface area contributed by atoms with Gasteiger partial charge in [-0.2, -0.15) is 0 Å². The second-order valence-electron chi connectivity index (χ2n) is 7.46. The van der Waals surface area contributed by atoms with Crippen LogP contribution in [0.1, 0.15) is 9.67 Å². The fourth-order valence-corrected chi connectivity index (χ4v) is 6.92. The Hall–Kier alpha value is -1.39. The molecule has 1 aliphatic heterocycles. The van der Waals surface area contributed by atoms with Gasteiger partial charge in [0.05, 0.1) is 28.5 Å². The van der Waals surface area contributed by atoms with Gasteiger partial charge < -0.3 is 4.74 Å². The highest BCUT2D eigenvalue weighted by Gasteiger charge is 2.27. The van der Waals surface area contributed by atoms with Crippen LogP contribution in [0.2, 0.25) is 5.02 Å². The van der Waals surface area contributed by atoms with Gasteiger partial charge in [-0.3, -0.25) is 14.6 Å². The van der Waals surface area contributed by atoms with Crippen LogP contribution in [0, 0.1) is 0 Å². The van der Waals surface area contributed by atoms with Crippen molar-refractivity contribution in [2.24, 2.45) is 0 Å². The van der Waals surface area contributed by atoms with Gasteiger partial charge in [-0.05, 0) is 24.5 Å². The normalized spacial score (nSPS) is 14.5. The molecule has 0 radical (unpaired) electrons. The molecule has 0 unspecified atom stereocenters. The standard InChI is InChI=1S/C23H22ClN3O2S3.ClH/c1-30-17-7-4-8-18-20(17)25-23(32-18)27(10-9-26-11-13-29-14-12-26)22(28)21-19(24)15-5-2-3-6-16(15)31-21;/h2-8H,9-14H2,1H3;1H. The molecule has 0 saturated carbocycles. The van der Waals surface area contributed by atoms with Gasteiger partial charge in [0.1, 0.15) is 4.88 Å². The monoisotopic (exact) mass is 539 g/mol. The molecule has 0 bridgehead atoms. The third-order valence-corrected chi connectivity index (χ3v) is 9.02. The zero-order valence-corrected chi connectivity index (χ0v) is 22.0. The van der Waals surface area contributed by atoms with E-state index < -0.39 is 0 Å². The number of amides is 1. The third-order valence-electron chi connectivity index (χ3n) is 5.54. The van der Waals surface area contributed by atoms with E-state index in [4.69, 9.17) is 21.3 Å². The van der Waals surface area contributed by atoms with E-state index >= 15 is 0 Å². The average Bonchev–Trinajstić information content (AvgIpc) is 3.41. The number of nitrogens with zero attached hydrogens (tertiary/aromatic N) is 3. The molecule has 0 spiro atoms. The summed E-state index contributed by atoms with van der Waals surface area (Å²) >= 11 is 11.3. The Morgan fingerprint density at radius 3 is 2.67 bits per heavy atom. The summed E-state index contributed by atoms with van der Waals surface area (Å²) in [5.74, 6) is -0.0887. The van der Waals surface area contributed by atoms with Crippen molar-refractivity contribution in [3.05, 3.63) is 52.4 Å². The van der Waals surface area contributed by atoms with E-state index in [1.54, 1.807) is 28.0 Å². The number of halogens is 2. The highest BCUT2D eigenvalue weighted by atomic mass is 35.5. The number of rotatable bonds is 6.